The molecule has 3 aliphatic heterocycles. The van der Waals surface area contributed by atoms with E-state index in [-0.39, 0.29) is 18.1 Å². The highest BCUT2D eigenvalue weighted by Crippen LogP contribution is 2.35. The Kier molecular flexibility index (Phi) is 10.3. The quantitative estimate of drug-likeness (QED) is 0.117. The first-order valence-corrected chi connectivity index (χ1v) is 12.9. The fraction of sp³-hybridized carbons (Fsp3) is 0.957. The molecule has 4 fully saturated rings. The van der Waals surface area contributed by atoms with E-state index in [2.05, 4.69) is 0 Å². The second kappa shape index (κ2) is 12.9. The van der Waals surface area contributed by atoms with Crippen molar-refractivity contribution in [2.24, 2.45) is 5.92 Å². The molecule has 16 heteroatoms. The fourth-order valence-electron chi connectivity index (χ4n) is 5.09. The second-order valence-corrected chi connectivity index (χ2v) is 10.4. The molecule has 1 aliphatic carbocycles. The molecule has 0 bridgehead atoms. The van der Waals surface area contributed by atoms with Crippen LogP contribution < -0.4 is 0 Å². The molecule has 0 aromatic rings. The molecule has 0 spiro atoms. The maximum atomic E-state index is 12.2. The van der Waals surface area contributed by atoms with Crippen molar-refractivity contribution in [3.05, 3.63) is 0 Å². The summed E-state index contributed by atoms with van der Waals surface area (Å²) in [6.45, 7) is -2.25. The Hall–Kier alpha value is -0.930. The number of rotatable bonds is 10. The number of hydrogen-bond donors (Lipinski definition) is 10. The van der Waals surface area contributed by atoms with Gasteiger partial charge in [0.1, 0.15) is 79.0 Å². The van der Waals surface area contributed by atoms with E-state index in [4.69, 9.17) is 23.7 Å². The average Bonchev–Trinajstić information content (AvgIpc) is 3.78. The molecule has 39 heavy (non-hydrogen) atoms. The summed E-state index contributed by atoms with van der Waals surface area (Å²) in [4.78, 5) is 12.2. The van der Waals surface area contributed by atoms with Crippen molar-refractivity contribution in [3.8, 4) is 0 Å². The number of ketones is 1. The summed E-state index contributed by atoms with van der Waals surface area (Å²) in [5.41, 5.74) is 0. The Morgan fingerprint density at radius 2 is 1.00 bits per heavy atom. The minimum Gasteiger partial charge on any atom is -0.394 e. The maximum Gasteiger partial charge on any atom is 0.187 e. The molecule has 16 nitrogen and oxygen atoms in total. The Morgan fingerprint density at radius 1 is 0.564 bits per heavy atom. The van der Waals surface area contributed by atoms with E-state index in [1.165, 1.54) is 0 Å². The highest BCUT2D eigenvalue weighted by Gasteiger charge is 2.53. The van der Waals surface area contributed by atoms with Crippen LogP contribution in [0.25, 0.3) is 0 Å². The summed E-state index contributed by atoms with van der Waals surface area (Å²) >= 11 is 0. The molecule has 15 atom stereocenters. The van der Waals surface area contributed by atoms with E-state index < -0.39 is 112 Å². The molecule has 6 unspecified atom stereocenters. The van der Waals surface area contributed by atoms with E-state index in [9.17, 15) is 55.9 Å². The minimum absolute atomic E-state index is 0.111. The van der Waals surface area contributed by atoms with Gasteiger partial charge >= 0.3 is 0 Å². The first-order valence-electron chi connectivity index (χ1n) is 12.9. The van der Waals surface area contributed by atoms with Crippen LogP contribution in [0.3, 0.4) is 0 Å². The second-order valence-electron chi connectivity index (χ2n) is 10.4. The Bertz CT molecular complexity index is 807. The number of Topliss-reactive ketones (excluding diaryl/α,β-unsaturated/α-hetero) is 1. The number of carbonyl (C=O) groups is 1. The Morgan fingerprint density at radius 3 is 1.51 bits per heavy atom. The van der Waals surface area contributed by atoms with Crippen LogP contribution in [0.5, 0.6) is 0 Å². The lowest BCUT2D eigenvalue weighted by atomic mass is 9.91. The van der Waals surface area contributed by atoms with Crippen LogP contribution in [-0.4, -0.2) is 169 Å². The van der Waals surface area contributed by atoms with Crippen molar-refractivity contribution in [1.82, 2.24) is 0 Å². The van der Waals surface area contributed by atoms with Crippen molar-refractivity contribution in [3.63, 3.8) is 0 Å². The number of hydrogen-bond acceptors (Lipinski definition) is 16. The number of aliphatic hydroxyl groups is 10. The van der Waals surface area contributed by atoms with Gasteiger partial charge in [0.25, 0.3) is 0 Å². The van der Waals surface area contributed by atoms with E-state index in [1.54, 1.807) is 0 Å². The van der Waals surface area contributed by atoms with Gasteiger partial charge in [0, 0.05) is 12.3 Å². The van der Waals surface area contributed by atoms with Gasteiger partial charge in [-0.1, -0.05) is 0 Å². The molecule has 0 aromatic heterocycles. The van der Waals surface area contributed by atoms with Crippen LogP contribution in [0.15, 0.2) is 0 Å². The molecule has 4 aliphatic rings. The molecular weight excluding hydrogens is 532 g/mol. The maximum absolute atomic E-state index is 12.2. The summed E-state index contributed by atoms with van der Waals surface area (Å²) in [7, 11) is 0. The van der Waals surface area contributed by atoms with Gasteiger partial charge in [0.05, 0.1) is 25.9 Å². The molecular formula is C23H38O16. The fourth-order valence-corrected chi connectivity index (χ4v) is 5.09. The van der Waals surface area contributed by atoms with Crippen molar-refractivity contribution in [2.75, 3.05) is 19.8 Å². The SMILES string of the molecule is O=C(C[C@@H]1OC(CO)[C@@H](O[C@H]2OC(CO)[C@@H](O[C@H]3OC(CO)[C@@H](O)[C@H](O)C3O)[C@H](O)C2O)[C@H](O)C1O)C1CC1. The minimum atomic E-state index is -1.90. The average molecular weight is 571 g/mol. The van der Waals surface area contributed by atoms with Gasteiger partial charge in [-0.2, -0.15) is 0 Å². The predicted molar refractivity (Wildman–Crippen MR) is 121 cm³/mol. The molecule has 3 heterocycles. The van der Waals surface area contributed by atoms with Crippen LogP contribution in [0, 0.1) is 5.92 Å². The van der Waals surface area contributed by atoms with Gasteiger partial charge in [-0.3, -0.25) is 4.79 Å². The zero-order chi connectivity index (χ0) is 28.6. The van der Waals surface area contributed by atoms with Gasteiger partial charge in [-0.05, 0) is 12.8 Å². The lowest BCUT2D eigenvalue weighted by molar-refractivity contribution is -0.372. The zero-order valence-electron chi connectivity index (χ0n) is 20.9. The molecule has 3 saturated heterocycles. The largest absolute Gasteiger partial charge is 0.394 e. The molecule has 4 rings (SSSR count). The van der Waals surface area contributed by atoms with Crippen LogP contribution in [-0.2, 0) is 28.5 Å². The highest BCUT2D eigenvalue weighted by atomic mass is 16.7. The van der Waals surface area contributed by atoms with E-state index in [1.807, 2.05) is 0 Å². The van der Waals surface area contributed by atoms with Gasteiger partial charge in [-0.15, -0.1) is 0 Å². The summed E-state index contributed by atoms with van der Waals surface area (Å²) in [5.74, 6) is -0.243. The lowest BCUT2D eigenvalue weighted by Crippen LogP contribution is -2.66. The summed E-state index contributed by atoms with van der Waals surface area (Å²) in [5, 5.41) is 102. The van der Waals surface area contributed by atoms with E-state index in [0.717, 1.165) is 12.8 Å². The molecule has 0 radical (unpaired) electrons. The third kappa shape index (κ3) is 6.45. The monoisotopic (exact) mass is 570 g/mol. The lowest BCUT2D eigenvalue weighted by Gasteiger charge is -2.48. The third-order valence-corrected chi connectivity index (χ3v) is 7.65. The summed E-state index contributed by atoms with van der Waals surface area (Å²) < 4.78 is 27.5. The normalized spacial score (nSPS) is 49.1. The Labute approximate surface area is 222 Å². The topological polar surface area (TPSA) is 266 Å². The van der Waals surface area contributed by atoms with Crippen molar-refractivity contribution >= 4 is 5.78 Å². The van der Waals surface area contributed by atoms with Crippen LogP contribution >= 0.6 is 0 Å². The predicted octanol–water partition coefficient (Wildman–Crippen LogP) is -6.15. The van der Waals surface area contributed by atoms with Crippen LogP contribution in [0.1, 0.15) is 19.3 Å². The summed E-state index contributed by atoms with van der Waals surface area (Å²) in [6, 6.07) is 0. The van der Waals surface area contributed by atoms with Gasteiger partial charge in [-0.25, -0.2) is 0 Å². The van der Waals surface area contributed by atoms with Crippen molar-refractivity contribution < 1.29 is 79.5 Å². The van der Waals surface area contributed by atoms with Crippen LogP contribution in [0.2, 0.25) is 0 Å². The number of aliphatic hydroxyl groups excluding tert-OH is 10. The molecule has 10 N–H and O–H groups in total. The third-order valence-electron chi connectivity index (χ3n) is 7.65. The highest BCUT2D eigenvalue weighted by molar-refractivity contribution is 5.83. The van der Waals surface area contributed by atoms with Crippen LogP contribution in [0.4, 0.5) is 0 Å². The van der Waals surface area contributed by atoms with E-state index in [0.29, 0.717) is 0 Å². The van der Waals surface area contributed by atoms with Gasteiger partial charge < -0.3 is 74.7 Å². The first-order chi connectivity index (χ1) is 18.5. The zero-order valence-corrected chi connectivity index (χ0v) is 20.9. The smallest absolute Gasteiger partial charge is 0.187 e. The first kappa shape index (κ1) is 31.0. The number of carbonyl (C=O) groups excluding carboxylic acids is 1. The molecule has 1 saturated carbocycles. The van der Waals surface area contributed by atoms with Gasteiger partial charge in [0.15, 0.2) is 12.6 Å². The van der Waals surface area contributed by atoms with Crippen molar-refractivity contribution in [1.29, 1.82) is 0 Å². The van der Waals surface area contributed by atoms with E-state index >= 15 is 0 Å². The number of ether oxygens (including phenoxy) is 5. The van der Waals surface area contributed by atoms with Gasteiger partial charge in [0.2, 0.25) is 0 Å². The molecule has 0 aromatic carbocycles. The Balaban J connectivity index is 1.42. The summed E-state index contributed by atoms with van der Waals surface area (Å²) in [6.07, 6.45) is -22.6. The molecule has 226 valence electrons. The standard InChI is InChI=1S/C23H38O16/c24-4-10-14(29)15(30)18(33)22(36-10)39-21-12(6-26)37-23(19(34)17(21)32)38-20-11(5-25)35-9(13(28)16(20)31)3-8(27)7-1-2-7/h7,9-26,28-34H,1-6H2/t9-,10?,11?,12?,13?,14+,15-,16+,17+,18?,19?,20+,21+,22+,23+/m0/s1. The van der Waals surface area contributed by atoms with Crippen molar-refractivity contribution in [2.45, 2.75) is 111 Å². The molecule has 0 amide bonds.